The first-order valence-corrected chi connectivity index (χ1v) is 9.63. The van der Waals surface area contributed by atoms with Crippen molar-refractivity contribution in [3.8, 4) is 5.75 Å². The molecule has 1 aliphatic carbocycles. The van der Waals surface area contributed by atoms with Crippen molar-refractivity contribution in [1.82, 2.24) is 9.47 Å². The predicted octanol–water partition coefficient (Wildman–Crippen LogP) is 4.35. The number of benzene rings is 1. The lowest BCUT2D eigenvalue weighted by molar-refractivity contribution is -0.132. The average Bonchev–Trinajstić information content (AvgIpc) is 2.96. The van der Waals surface area contributed by atoms with Crippen LogP contribution in [0.25, 0.3) is 10.9 Å². The Hall–Kier alpha value is -1.97. The first-order chi connectivity index (χ1) is 12.2. The van der Waals surface area contributed by atoms with E-state index in [0.717, 1.165) is 51.1 Å². The molecule has 2 aromatic rings. The summed E-state index contributed by atoms with van der Waals surface area (Å²) in [7, 11) is 1.70. The molecule has 1 amide bonds. The molecule has 25 heavy (non-hydrogen) atoms. The third-order valence-electron chi connectivity index (χ3n) is 5.50. The minimum absolute atomic E-state index is 0.0173. The number of fused-ring (bicyclic) bond motifs is 3. The molecule has 1 atom stereocenters. The molecule has 136 valence electrons. The Labute approximate surface area is 150 Å². The number of hydrogen-bond acceptors (Lipinski definition) is 2. The quantitative estimate of drug-likeness (QED) is 0.782. The summed E-state index contributed by atoms with van der Waals surface area (Å²) in [5.74, 6) is 1.13. The fourth-order valence-electron chi connectivity index (χ4n) is 4.30. The van der Waals surface area contributed by atoms with Crippen LogP contribution in [0.2, 0.25) is 0 Å². The predicted molar refractivity (Wildman–Crippen MR) is 102 cm³/mol. The van der Waals surface area contributed by atoms with Crippen molar-refractivity contribution in [3.05, 3.63) is 29.5 Å². The second kappa shape index (κ2) is 7.51. The van der Waals surface area contributed by atoms with Crippen molar-refractivity contribution in [2.24, 2.45) is 0 Å². The van der Waals surface area contributed by atoms with Gasteiger partial charge in [0.1, 0.15) is 5.75 Å². The number of aromatic nitrogens is 1. The van der Waals surface area contributed by atoms with Crippen LogP contribution in [0.4, 0.5) is 0 Å². The summed E-state index contributed by atoms with van der Waals surface area (Å²) in [5, 5.41) is 1.20. The van der Waals surface area contributed by atoms with Gasteiger partial charge in [-0.15, -0.1) is 0 Å². The van der Waals surface area contributed by atoms with Crippen LogP contribution in [0.3, 0.4) is 0 Å². The fourth-order valence-corrected chi connectivity index (χ4v) is 4.30. The summed E-state index contributed by atoms with van der Waals surface area (Å²) in [6, 6.07) is 6.30. The van der Waals surface area contributed by atoms with E-state index in [-0.39, 0.29) is 11.8 Å². The average molecular weight is 342 g/mol. The van der Waals surface area contributed by atoms with Gasteiger partial charge < -0.3 is 14.2 Å². The molecular formula is C21H30N2O2. The molecule has 1 unspecified atom stereocenters. The van der Waals surface area contributed by atoms with E-state index in [1.165, 1.54) is 22.2 Å². The van der Waals surface area contributed by atoms with E-state index < -0.39 is 0 Å². The summed E-state index contributed by atoms with van der Waals surface area (Å²) < 4.78 is 7.90. The third-order valence-corrected chi connectivity index (χ3v) is 5.50. The molecule has 0 aliphatic heterocycles. The molecule has 0 bridgehead atoms. The summed E-state index contributed by atoms with van der Waals surface area (Å²) in [6.07, 6.45) is 4.19. The Morgan fingerprint density at radius 1 is 1.28 bits per heavy atom. The number of methoxy groups -OCH3 is 1. The van der Waals surface area contributed by atoms with Gasteiger partial charge in [-0.3, -0.25) is 4.79 Å². The Bertz CT molecular complexity index is 759. The van der Waals surface area contributed by atoms with Crippen LogP contribution in [0.5, 0.6) is 5.75 Å². The maximum absolute atomic E-state index is 13.2. The van der Waals surface area contributed by atoms with Crippen LogP contribution in [0.15, 0.2) is 18.2 Å². The largest absolute Gasteiger partial charge is 0.497 e. The van der Waals surface area contributed by atoms with Crippen LogP contribution in [-0.4, -0.2) is 35.6 Å². The molecule has 0 saturated heterocycles. The number of rotatable bonds is 6. The monoisotopic (exact) mass is 342 g/mol. The Kier molecular flexibility index (Phi) is 5.36. The first-order valence-electron chi connectivity index (χ1n) is 9.63. The van der Waals surface area contributed by atoms with E-state index in [0.29, 0.717) is 0 Å². The lowest BCUT2D eigenvalue weighted by Gasteiger charge is -2.29. The molecule has 0 spiro atoms. The van der Waals surface area contributed by atoms with E-state index >= 15 is 0 Å². The van der Waals surface area contributed by atoms with Crippen molar-refractivity contribution < 1.29 is 9.53 Å². The molecule has 1 aromatic heterocycles. The minimum Gasteiger partial charge on any atom is -0.497 e. The molecule has 0 saturated carbocycles. The maximum Gasteiger partial charge on any atom is 0.230 e. The van der Waals surface area contributed by atoms with Crippen LogP contribution < -0.4 is 4.74 Å². The number of aryl methyl sites for hydroxylation is 1. The number of nitrogens with zero attached hydrogens (tertiary/aromatic N) is 2. The number of likely N-dealkylation sites (N-methyl/N-ethyl adjacent to an activating group) is 1. The Morgan fingerprint density at radius 3 is 2.68 bits per heavy atom. The highest BCUT2D eigenvalue weighted by Crippen LogP contribution is 2.41. The highest BCUT2D eigenvalue weighted by molar-refractivity contribution is 5.94. The van der Waals surface area contributed by atoms with Crippen LogP contribution in [0, 0.1) is 0 Å². The summed E-state index contributed by atoms with van der Waals surface area (Å²) in [5.41, 5.74) is 3.86. The topological polar surface area (TPSA) is 34.5 Å². The molecule has 0 fully saturated rings. The first kappa shape index (κ1) is 17.8. The zero-order valence-electron chi connectivity index (χ0n) is 16.0. The number of ether oxygens (including phenoxy) is 1. The molecule has 1 aliphatic rings. The second-order valence-corrected chi connectivity index (χ2v) is 6.85. The van der Waals surface area contributed by atoms with Crippen molar-refractivity contribution >= 4 is 16.8 Å². The van der Waals surface area contributed by atoms with Gasteiger partial charge in [0.2, 0.25) is 5.91 Å². The van der Waals surface area contributed by atoms with Gasteiger partial charge in [-0.05, 0) is 63.3 Å². The molecule has 0 radical (unpaired) electrons. The molecule has 4 heteroatoms. The standard InChI is InChI=1S/C21H30N2O2/c1-5-13-23-18-12-11-15(25-4)14-17(18)20-16(9-8-10-19(20)23)21(24)22(6-2)7-3/h11-12,14,16H,5-10,13H2,1-4H3. The van der Waals surface area contributed by atoms with Gasteiger partial charge in [0, 0.05) is 36.2 Å². The number of amides is 1. The van der Waals surface area contributed by atoms with Gasteiger partial charge >= 0.3 is 0 Å². The highest BCUT2D eigenvalue weighted by atomic mass is 16.5. The van der Waals surface area contributed by atoms with Gasteiger partial charge in [-0.25, -0.2) is 0 Å². The van der Waals surface area contributed by atoms with Crippen LogP contribution in [-0.2, 0) is 17.8 Å². The van der Waals surface area contributed by atoms with Crippen LogP contribution in [0.1, 0.15) is 57.2 Å². The number of hydrogen-bond donors (Lipinski definition) is 0. The van der Waals surface area contributed by atoms with Crippen molar-refractivity contribution in [3.63, 3.8) is 0 Å². The van der Waals surface area contributed by atoms with E-state index in [2.05, 4.69) is 37.5 Å². The highest BCUT2D eigenvalue weighted by Gasteiger charge is 2.33. The molecule has 1 heterocycles. The molecular weight excluding hydrogens is 312 g/mol. The zero-order valence-corrected chi connectivity index (χ0v) is 16.0. The Morgan fingerprint density at radius 2 is 2.04 bits per heavy atom. The van der Waals surface area contributed by atoms with Gasteiger partial charge in [-0.2, -0.15) is 0 Å². The number of carbonyl (C=O) groups is 1. The van der Waals surface area contributed by atoms with E-state index in [4.69, 9.17) is 4.74 Å². The minimum atomic E-state index is -0.0173. The summed E-state index contributed by atoms with van der Waals surface area (Å²) in [6.45, 7) is 8.90. The fraction of sp³-hybridized carbons (Fsp3) is 0.571. The Balaban J connectivity index is 2.19. The SMILES string of the molecule is CCCn1c2c(c3cc(OC)ccc31)C(C(=O)N(CC)CC)CCC2. The lowest BCUT2D eigenvalue weighted by Crippen LogP contribution is -2.36. The molecule has 4 nitrogen and oxygen atoms in total. The third kappa shape index (κ3) is 3.03. The lowest BCUT2D eigenvalue weighted by atomic mass is 9.84. The summed E-state index contributed by atoms with van der Waals surface area (Å²) >= 11 is 0. The van der Waals surface area contributed by atoms with Gasteiger partial charge in [0.25, 0.3) is 0 Å². The van der Waals surface area contributed by atoms with Gasteiger partial charge in [-0.1, -0.05) is 6.92 Å². The molecule has 1 aromatic carbocycles. The molecule has 3 rings (SSSR count). The zero-order chi connectivity index (χ0) is 18.0. The maximum atomic E-state index is 13.2. The van der Waals surface area contributed by atoms with E-state index in [1.54, 1.807) is 7.11 Å². The van der Waals surface area contributed by atoms with E-state index in [9.17, 15) is 4.79 Å². The number of carbonyl (C=O) groups excluding carboxylic acids is 1. The normalized spacial score (nSPS) is 16.7. The summed E-state index contributed by atoms with van der Waals surface area (Å²) in [4.78, 5) is 15.1. The van der Waals surface area contributed by atoms with Crippen molar-refractivity contribution in [2.45, 2.75) is 58.9 Å². The molecule has 0 N–H and O–H groups in total. The smallest absolute Gasteiger partial charge is 0.230 e. The van der Waals surface area contributed by atoms with E-state index in [1.807, 2.05) is 11.0 Å². The second-order valence-electron chi connectivity index (χ2n) is 6.85. The van der Waals surface area contributed by atoms with Gasteiger partial charge in [0.15, 0.2) is 0 Å². The van der Waals surface area contributed by atoms with Gasteiger partial charge in [0.05, 0.1) is 13.0 Å². The van der Waals surface area contributed by atoms with Crippen molar-refractivity contribution in [2.75, 3.05) is 20.2 Å². The van der Waals surface area contributed by atoms with Crippen molar-refractivity contribution in [1.29, 1.82) is 0 Å². The van der Waals surface area contributed by atoms with Crippen LogP contribution >= 0.6 is 0 Å².